The summed E-state index contributed by atoms with van der Waals surface area (Å²) in [5.74, 6) is -0.613. The average molecular weight is 779 g/mol. The molecule has 0 spiro atoms. The van der Waals surface area contributed by atoms with Crippen molar-refractivity contribution in [2.75, 3.05) is 13.2 Å². The van der Waals surface area contributed by atoms with Gasteiger partial charge in [0.05, 0.1) is 6.61 Å². The summed E-state index contributed by atoms with van der Waals surface area (Å²) in [5, 5.41) is 9.59. The molecule has 0 aliphatic carbocycles. The SMILES string of the molecule is CC/C=C\C/C=C\C/C=C\C/C=C\C/C=C\C/C=C\C/C=C\CCCCCCCC(=O)OC(CO)COC(=O)CCCCCCCCCCCCCCCCC. The number of hydrogen-bond donors (Lipinski definition) is 1. The van der Waals surface area contributed by atoms with E-state index in [0.717, 1.165) is 103 Å². The van der Waals surface area contributed by atoms with Gasteiger partial charge in [0, 0.05) is 12.8 Å². The number of allylic oxidation sites excluding steroid dienone is 14. The summed E-state index contributed by atoms with van der Waals surface area (Å²) in [7, 11) is 0. The van der Waals surface area contributed by atoms with Crippen molar-refractivity contribution in [3.8, 4) is 0 Å². The Morgan fingerprint density at radius 2 is 0.768 bits per heavy atom. The monoisotopic (exact) mass is 779 g/mol. The van der Waals surface area contributed by atoms with Crippen LogP contribution in [-0.2, 0) is 19.1 Å². The average Bonchev–Trinajstić information content (AvgIpc) is 3.20. The van der Waals surface area contributed by atoms with Crippen molar-refractivity contribution in [1.29, 1.82) is 0 Å². The number of aliphatic hydroxyl groups is 1. The molecule has 0 aliphatic heterocycles. The molecule has 0 bridgehead atoms. The van der Waals surface area contributed by atoms with Gasteiger partial charge < -0.3 is 14.6 Å². The summed E-state index contributed by atoms with van der Waals surface area (Å²) >= 11 is 0. The van der Waals surface area contributed by atoms with Gasteiger partial charge in [-0.15, -0.1) is 0 Å². The van der Waals surface area contributed by atoms with Gasteiger partial charge in [0.2, 0.25) is 0 Å². The van der Waals surface area contributed by atoms with Gasteiger partial charge in [-0.05, 0) is 70.6 Å². The predicted molar refractivity (Wildman–Crippen MR) is 242 cm³/mol. The first-order chi connectivity index (χ1) is 27.6. The predicted octanol–water partition coefficient (Wildman–Crippen LogP) is 15.1. The van der Waals surface area contributed by atoms with Gasteiger partial charge in [0.1, 0.15) is 6.61 Å². The van der Waals surface area contributed by atoms with E-state index in [0.29, 0.717) is 12.8 Å². The second kappa shape index (κ2) is 46.5. The van der Waals surface area contributed by atoms with Crippen LogP contribution in [0.25, 0.3) is 0 Å². The van der Waals surface area contributed by atoms with Gasteiger partial charge in [-0.3, -0.25) is 9.59 Å². The first-order valence-corrected chi connectivity index (χ1v) is 23.1. The number of ether oxygens (including phenoxy) is 2. The number of hydrogen-bond acceptors (Lipinski definition) is 5. The van der Waals surface area contributed by atoms with Crippen LogP contribution in [0.5, 0.6) is 0 Å². The van der Waals surface area contributed by atoms with E-state index < -0.39 is 6.10 Å². The highest BCUT2D eigenvalue weighted by molar-refractivity contribution is 5.70. The van der Waals surface area contributed by atoms with Gasteiger partial charge in [0.15, 0.2) is 6.10 Å². The normalized spacial score (nSPS) is 13.0. The topological polar surface area (TPSA) is 72.8 Å². The molecule has 0 amide bonds. The molecule has 0 fully saturated rings. The Balaban J connectivity index is 3.62. The number of aliphatic hydroxyl groups excluding tert-OH is 1. The minimum Gasteiger partial charge on any atom is -0.462 e. The highest BCUT2D eigenvalue weighted by atomic mass is 16.6. The Kier molecular flexibility index (Phi) is 44.0. The zero-order valence-electron chi connectivity index (χ0n) is 36.4. The van der Waals surface area contributed by atoms with E-state index in [1.165, 1.54) is 77.0 Å². The first kappa shape index (κ1) is 53.1. The lowest BCUT2D eigenvalue weighted by Crippen LogP contribution is -2.28. The zero-order chi connectivity index (χ0) is 40.7. The summed E-state index contributed by atoms with van der Waals surface area (Å²) in [4.78, 5) is 24.4. The third-order valence-electron chi connectivity index (χ3n) is 9.70. The van der Waals surface area contributed by atoms with Crippen LogP contribution in [0, 0.1) is 0 Å². The molecule has 0 aromatic rings. The van der Waals surface area contributed by atoms with Crippen LogP contribution in [0.15, 0.2) is 85.1 Å². The molecule has 5 nitrogen and oxygen atoms in total. The van der Waals surface area contributed by atoms with E-state index in [4.69, 9.17) is 9.47 Å². The van der Waals surface area contributed by atoms with Gasteiger partial charge >= 0.3 is 11.9 Å². The van der Waals surface area contributed by atoms with Gasteiger partial charge in [-0.25, -0.2) is 0 Å². The molecule has 1 atom stereocenters. The van der Waals surface area contributed by atoms with Gasteiger partial charge in [-0.2, -0.15) is 0 Å². The summed E-state index contributed by atoms with van der Waals surface area (Å²) in [6.07, 6.45) is 63.7. The van der Waals surface area contributed by atoms with Crippen molar-refractivity contribution < 1.29 is 24.2 Å². The number of rotatable bonds is 41. The number of carbonyl (C=O) groups is 2. The molecule has 0 aliphatic rings. The molecule has 5 heteroatoms. The summed E-state index contributed by atoms with van der Waals surface area (Å²) in [6.45, 7) is 4.01. The fraction of sp³-hybridized carbons (Fsp3) is 0.686. The standard InChI is InChI=1S/C51H86O5/c1-3-5-7-9-11-13-15-17-19-20-21-22-23-24-25-26-27-28-29-30-32-34-36-38-40-42-44-46-51(54)56-49(47-52)48-55-50(53)45-43-41-39-37-35-33-31-18-16-14-12-10-8-6-4-2/h5,7,11,13,17,19,21-22,24-25,27-28,30,32,49,52H,3-4,6,8-10,12,14-16,18,20,23,26,29,31,33-48H2,1-2H3/b7-5-,13-11-,19-17-,22-21-,25-24-,28-27-,32-30-. The molecule has 56 heavy (non-hydrogen) atoms. The van der Waals surface area contributed by atoms with Crippen LogP contribution in [-0.4, -0.2) is 36.4 Å². The highest BCUT2D eigenvalue weighted by Crippen LogP contribution is 2.14. The van der Waals surface area contributed by atoms with Gasteiger partial charge in [0.25, 0.3) is 0 Å². The number of carbonyl (C=O) groups excluding carboxylic acids is 2. The summed E-state index contributed by atoms with van der Waals surface area (Å²) in [5.41, 5.74) is 0. The van der Waals surface area contributed by atoms with Crippen LogP contribution in [0.2, 0.25) is 0 Å². The molecule has 0 saturated carbocycles. The lowest BCUT2D eigenvalue weighted by molar-refractivity contribution is -0.161. The van der Waals surface area contributed by atoms with Crippen molar-refractivity contribution in [2.45, 2.75) is 213 Å². The van der Waals surface area contributed by atoms with E-state index in [2.05, 4.69) is 98.9 Å². The molecule has 1 N–H and O–H groups in total. The fourth-order valence-electron chi connectivity index (χ4n) is 6.24. The van der Waals surface area contributed by atoms with Crippen molar-refractivity contribution >= 4 is 11.9 Å². The van der Waals surface area contributed by atoms with Crippen LogP contribution in [0.4, 0.5) is 0 Å². The molecule has 0 aromatic heterocycles. The molecule has 0 saturated heterocycles. The van der Waals surface area contributed by atoms with E-state index in [1.807, 2.05) is 0 Å². The Morgan fingerprint density at radius 1 is 0.429 bits per heavy atom. The van der Waals surface area contributed by atoms with E-state index >= 15 is 0 Å². The molecule has 0 aromatic carbocycles. The summed E-state index contributed by atoms with van der Waals surface area (Å²) < 4.78 is 10.6. The third kappa shape index (κ3) is 43.8. The second-order valence-electron chi connectivity index (χ2n) is 15.1. The number of unbranched alkanes of at least 4 members (excludes halogenated alkanes) is 19. The Morgan fingerprint density at radius 3 is 1.16 bits per heavy atom. The third-order valence-corrected chi connectivity index (χ3v) is 9.70. The molecule has 0 heterocycles. The smallest absolute Gasteiger partial charge is 0.306 e. The molecule has 320 valence electrons. The minimum atomic E-state index is -0.785. The Bertz CT molecular complexity index is 1060. The number of esters is 2. The van der Waals surface area contributed by atoms with Crippen LogP contribution < -0.4 is 0 Å². The van der Waals surface area contributed by atoms with Gasteiger partial charge in [-0.1, -0.05) is 208 Å². The van der Waals surface area contributed by atoms with Crippen molar-refractivity contribution in [3.63, 3.8) is 0 Å². The van der Waals surface area contributed by atoms with Crippen LogP contribution in [0.3, 0.4) is 0 Å². The van der Waals surface area contributed by atoms with E-state index in [-0.39, 0.29) is 25.2 Å². The molecule has 0 rings (SSSR count). The summed E-state index contributed by atoms with van der Waals surface area (Å²) in [6, 6.07) is 0. The van der Waals surface area contributed by atoms with Crippen LogP contribution >= 0.6 is 0 Å². The van der Waals surface area contributed by atoms with E-state index in [9.17, 15) is 14.7 Å². The lowest BCUT2D eigenvalue weighted by Gasteiger charge is -2.15. The molecule has 0 radical (unpaired) electrons. The highest BCUT2D eigenvalue weighted by Gasteiger charge is 2.16. The van der Waals surface area contributed by atoms with Crippen molar-refractivity contribution in [2.24, 2.45) is 0 Å². The molecular weight excluding hydrogens is 693 g/mol. The maximum atomic E-state index is 12.2. The Hall–Kier alpha value is -2.92. The van der Waals surface area contributed by atoms with Crippen molar-refractivity contribution in [3.05, 3.63) is 85.1 Å². The fourth-order valence-corrected chi connectivity index (χ4v) is 6.24. The minimum absolute atomic E-state index is 0.0760. The zero-order valence-corrected chi connectivity index (χ0v) is 36.4. The van der Waals surface area contributed by atoms with E-state index in [1.54, 1.807) is 0 Å². The molecular formula is C51H86O5. The maximum absolute atomic E-state index is 12.2. The van der Waals surface area contributed by atoms with Crippen molar-refractivity contribution in [1.82, 2.24) is 0 Å². The van der Waals surface area contributed by atoms with Crippen LogP contribution in [0.1, 0.15) is 206 Å². The second-order valence-corrected chi connectivity index (χ2v) is 15.1. The Labute approximate surface area is 346 Å². The lowest BCUT2D eigenvalue weighted by atomic mass is 10.0. The largest absolute Gasteiger partial charge is 0.462 e. The maximum Gasteiger partial charge on any atom is 0.306 e. The first-order valence-electron chi connectivity index (χ1n) is 23.1. The molecule has 1 unspecified atom stereocenters. The quantitative estimate of drug-likeness (QED) is 0.0380.